The fourth-order valence-electron chi connectivity index (χ4n) is 3.15. The fourth-order valence-corrected chi connectivity index (χ4v) is 3.15. The van der Waals surface area contributed by atoms with Crippen LogP contribution in [0.1, 0.15) is 12.0 Å². The van der Waals surface area contributed by atoms with Crippen LogP contribution < -0.4 is 5.43 Å². The van der Waals surface area contributed by atoms with Crippen LogP contribution in [0.15, 0.2) is 41.7 Å². The first-order valence-corrected chi connectivity index (χ1v) is 9.65. The van der Waals surface area contributed by atoms with Crippen molar-refractivity contribution < 1.29 is 28.9 Å². The number of hydrogen-bond donors (Lipinski definition) is 3. The lowest BCUT2D eigenvalue weighted by Crippen LogP contribution is -2.45. The topological polar surface area (TPSA) is 126 Å². The molecule has 10 nitrogen and oxygen atoms in total. The van der Waals surface area contributed by atoms with Crippen molar-refractivity contribution >= 4 is 28.9 Å². The van der Waals surface area contributed by atoms with E-state index in [1.165, 1.54) is 0 Å². The lowest BCUT2D eigenvalue weighted by Gasteiger charge is -2.27. The molecular formula is C20H22N4O6. The Hall–Kier alpha value is -3.21. The van der Waals surface area contributed by atoms with Gasteiger partial charge in [-0.2, -0.15) is 0 Å². The molecule has 4 rings (SSSR count). The number of aromatic nitrogens is 2. The van der Waals surface area contributed by atoms with Gasteiger partial charge in [0.05, 0.1) is 19.8 Å². The Kier molecular flexibility index (Phi) is 6.07. The summed E-state index contributed by atoms with van der Waals surface area (Å²) in [6.07, 6.45) is 5.23. The van der Waals surface area contributed by atoms with Crippen LogP contribution in [0.4, 0.5) is 0 Å². The number of aromatic amines is 1. The first-order chi connectivity index (χ1) is 14.7. The van der Waals surface area contributed by atoms with Crippen LogP contribution in [0.3, 0.4) is 0 Å². The molecule has 2 aromatic heterocycles. The second kappa shape index (κ2) is 9.08. The number of allylic oxidation sites excluding steroid dienone is 1. The number of H-pyrrole nitrogens is 1. The summed E-state index contributed by atoms with van der Waals surface area (Å²) in [5, 5.41) is 11.5. The molecule has 0 aromatic carbocycles. The Morgan fingerprint density at radius 1 is 1.40 bits per heavy atom. The van der Waals surface area contributed by atoms with Gasteiger partial charge < -0.3 is 24.3 Å². The molecule has 0 unspecified atom stereocenters. The SMILES string of the molecule is O=C(OCCCO)C1=C(NN2CCOCC2)O/C(=C\c2c[nH]c3ncccc23)C1=O. The van der Waals surface area contributed by atoms with E-state index in [1.54, 1.807) is 24.5 Å². The van der Waals surface area contributed by atoms with E-state index in [0.29, 0.717) is 37.5 Å². The minimum atomic E-state index is -0.798. The van der Waals surface area contributed by atoms with E-state index in [9.17, 15) is 9.59 Å². The summed E-state index contributed by atoms with van der Waals surface area (Å²) in [5.74, 6) is -1.34. The van der Waals surface area contributed by atoms with Crippen LogP contribution in [0.2, 0.25) is 0 Å². The molecular weight excluding hydrogens is 392 g/mol. The molecule has 0 bridgehead atoms. The Morgan fingerprint density at radius 2 is 2.23 bits per heavy atom. The van der Waals surface area contributed by atoms with Crippen LogP contribution >= 0.6 is 0 Å². The molecule has 0 saturated carbocycles. The van der Waals surface area contributed by atoms with E-state index in [4.69, 9.17) is 19.3 Å². The summed E-state index contributed by atoms with van der Waals surface area (Å²) < 4.78 is 16.2. The van der Waals surface area contributed by atoms with Crippen molar-refractivity contribution in [2.75, 3.05) is 39.5 Å². The van der Waals surface area contributed by atoms with Crippen LogP contribution in [0.25, 0.3) is 17.1 Å². The number of carbonyl (C=O) groups excluding carboxylic acids is 2. The van der Waals surface area contributed by atoms with Gasteiger partial charge in [0, 0.05) is 49.5 Å². The van der Waals surface area contributed by atoms with Gasteiger partial charge in [0.15, 0.2) is 11.3 Å². The zero-order valence-electron chi connectivity index (χ0n) is 16.2. The molecule has 10 heteroatoms. The average molecular weight is 414 g/mol. The zero-order chi connectivity index (χ0) is 20.9. The van der Waals surface area contributed by atoms with Gasteiger partial charge in [0.25, 0.3) is 0 Å². The number of ether oxygens (including phenoxy) is 3. The Morgan fingerprint density at radius 3 is 3.03 bits per heavy atom. The average Bonchev–Trinajstić information content (AvgIpc) is 3.30. The number of carbonyl (C=O) groups is 2. The lowest BCUT2D eigenvalue weighted by molar-refractivity contribution is -0.140. The number of hydrazine groups is 1. The van der Waals surface area contributed by atoms with Crippen molar-refractivity contribution in [1.29, 1.82) is 0 Å². The summed E-state index contributed by atoms with van der Waals surface area (Å²) in [6.45, 7) is 2.08. The number of hydrogen-bond acceptors (Lipinski definition) is 9. The van der Waals surface area contributed by atoms with Crippen molar-refractivity contribution in [2.24, 2.45) is 0 Å². The smallest absolute Gasteiger partial charge is 0.347 e. The zero-order valence-corrected chi connectivity index (χ0v) is 16.2. The van der Waals surface area contributed by atoms with Crippen LogP contribution in [0, 0.1) is 0 Å². The van der Waals surface area contributed by atoms with E-state index >= 15 is 0 Å². The van der Waals surface area contributed by atoms with Crippen molar-refractivity contribution in [3.63, 3.8) is 0 Å². The molecule has 4 heterocycles. The highest BCUT2D eigenvalue weighted by molar-refractivity contribution is 6.26. The number of nitrogens with one attached hydrogen (secondary N) is 2. The number of fused-ring (bicyclic) bond motifs is 1. The van der Waals surface area contributed by atoms with E-state index in [2.05, 4.69) is 15.4 Å². The van der Waals surface area contributed by atoms with E-state index in [1.807, 2.05) is 11.1 Å². The number of rotatable bonds is 7. The monoisotopic (exact) mass is 414 g/mol. The number of aliphatic hydroxyl groups is 1. The molecule has 2 aromatic rings. The molecule has 1 saturated heterocycles. The maximum absolute atomic E-state index is 13.0. The molecule has 2 aliphatic rings. The maximum atomic E-state index is 13.0. The summed E-state index contributed by atoms with van der Waals surface area (Å²) in [4.78, 5) is 32.8. The van der Waals surface area contributed by atoms with Gasteiger partial charge >= 0.3 is 5.97 Å². The van der Waals surface area contributed by atoms with Crippen LogP contribution in [-0.4, -0.2) is 71.4 Å². The number of pyridine rings is 1. The van der Waals surface area contributed by atoms with Gasteiger partial charge in [-0.05, 0) is 18.2 Å². The van der Waals surface area contributed by atoms with E-state index < -0.39 is 11.8 Å². The molecule has 0 spiro atoms. The largest absolute Gasteiger partial charge is 0.462 e. The third-order valence-corrected chi connectivity index (χ3v) is 4.67. The van der Waals surface area contributed by atoms with Gasteiger partial charge in [-0.25, -0.2) is 14.8 Å². The molecule has 158 valence electrons. The summed E-state index contributed by atoms with van der Waals surface area (Å²) in [7, 11) is 0. The number of esters is 1. The molecule has 1 fully saturated rings. The third kappa shape index (κ3) is 4.20. The molecule has 3 N–H and O–H groups in total. The number of Topliss-reactive ketones (excluding diaryl/α,β-unsaturated/α-hetero) is 1. The Labute approximate surface area is 172 Å². The number of aliphatic hydroxyl groups excluding tert-OH is 1. The number of ketones is 1. The van der Waals surface area contributed by atoms with Gasteiger partial charge in [-0.15, -0.1) is 0 Å². The predicted octanol–water partition coefficient (Wildman–Crippen LogP) is 0.477. The second-order valence-corrected chi connectivity index (χ2v) is 6.71. The normalized spacial score (nSPS) is 18.8. The van der Waals surface area contributed by atoms with Gasteiger partial charge in [-0.1, -0.05) is 0 Å². The fraction of sp³-hybridized carbons (Fsp3) is 0.350. The highest BCUT2D eigenvalue weighted by Crippen LogP contribution is 2.28. The maximum Gasteiger partial charge on any atom is 0.347 e. The van der Waals surface area contributed by atoms with Gasteiger partial charge in [0.1, 0.15) is 5.65 Å². The Bertz CT molecular complexity index is 1010. The van der Waals surface area contributed by atoms with Crippen molar-refractivity contribution in [2.45, 2.75) is 6.42 Å². The first-order valence-electron chi connectivity index (χ1n) is 9.65. The lowest BCUT2D eigenvalue weighted by atomic mass is 10.1. The molecule has 2 aliphatic heterocycles. The van der Waals surface area contributed by atoms with Crippen LogP contribution in [0.5, 0.6) is 0 Å². The summed E-state index contributed by atoms with van der Waals surface area (Å²) >= 11 is 0. The first kappa shape index (κ1) is 20.1. The molecule has 30 heavy (non-hydrogen) atoms. The second-order valence-electron chi connectivity index (χ2n) is 6.71. The molecule has 0 atom stereocenters. The van der Waals surface area contributed by atoms with Gasteiger partial charge in [-0.3, -0.25) is 10.2 Å². The number of morpholine rings is 1. The quantitative estimate of drug-likeness (QED) is 0.257. The molecule has 0 amide bonds. The highest BCUT2D eigenvalue weighted by atomic mass is 16.5. The van der Waals surface area contributed by atoms with Crippen molar-refractivity contribution in [3.8, 4) is 0 Å². The standard InChI is InChI=1S/C20H22N4O6/c25-7-2-8-29-20(27)16-17(26)15(30-19(16)23-24-5-9-28-10-6-24)11-13-12-22-18-14(13)3-1-4-21-18/h1,3-4,11-12,23,25H,2,5-10H2,(H,21,22)/b15-11-. The van der Waals surface area contributed by atoms with Crippen molar-refractivity contribution in [3.05, 3.63) is 47.3 Å². The molecule has 0 aliphatic carbocycles. The minimum absolute atomic E-state index is 0.00408. The minimum Gasteiger partial charge on any atom is -0.462 e. The summed E-state index contributed by atoms with van der Waals surface area (Å²) in [6, 6.07) is 3.66. The van der Waals surface area contributed by atoms with E-state index in [0.717, 1.165) is 5.39 Å². The molecule has 0 radical (unpaired) electrons. The van der Waals surface area contributed by atoms with Crippen LogP contribution in [-0.2, 0) is 23.8 Å². The summed E-state index contributed by atoms with van der Waals surface area (Å²) in [5.41, 5.74) is 4.18. The van der Waals surface area contributed by atoms with Crippen molar-refractivity contribution in [1.82, 2.24) is 20.4 Å². The van der Waals surface area contributed by atoms with E-state index in [-0.39, 0.29) is 36.8 Å². The number of nitrogens with zero attached hydrogens (tertiary/aromatic N) is 2. The van der Waals surface area contributed by atoms with Gasteiger partial charge in [0.2, 0.25) is 11.7 Å². The third-order valence-electron chi connectivity index (χ3n) is 4.67. The predicted molar refractivity (Wildman–Crippen MR) is 105 cm³/mol. The highest BCUT2D eigenvalue weighted by Gasteiger charge is 2.38. The Balaban J connectivity index is 1.60.